The Balaban J connectivity index is 1.51. The number of piperazine rings is 1. The first-order chi connectivity index (χ1) is 11.2. The van der Waals surface area contributed by atoms with Crippen molar-refractivity contribution < 1.29 is 0 Å². The van der Waals surface area contributed by atoms with Crippen LogP contribution in [-0.4, -0.2) is 36.1 Å². The number of benzene rings is 1. The Morgan fingerprint density at radius 3 is 2.65 bits per heavy atom. The number of hydrogen-bond donors (Lipinski definition) is 0. The van der Waals surface area contributed by atoms with E-state index in [1.807, 2.05) is 24.4 Å². The molecule has 0 saturated carbocycles. The molecule has 0 bridgehead atoms. The van der Waals surface area contributed by atoms with Crippen molar-refractivity contribution in [2.24, 2.45) is 0 Å². The molecule has 118 valence electrons. The summed E-state index contributed by atoms with van der Waals surface area (Å²) in [7, 11) is 0. The number of aromatic nitrogens is 2. The zero-order chi connectivity index (χ0) is 15.8. The lowest BCUT2D eigenvalue weighted by molar-refractivity contribution is 0.651. The van der Waals surface area contributed by atoms with Gasteiger partial charge in [-0.1, -0.05) is 29.0 Å². The third kappa shape index (κ3) is 2.86. The van der Waals surface area contributed by atoms with Crippen LogP contribution in [0.15, 0.2) is 36.5 Å². The van der Waals surface area contributed by atoms with Gasteiger partial charge in [0.25, 0.3) is 0 Å². The van der Waals surface area contributed by atoms with Gasteiger partial charge in [-0.05, 0) is 36.8 Å². The molecular weight excluding hydrogens is 328 g/mol. The maximum atomic E-state index is 6.15. The Kier molecular flexibility index (Phi) is 3.83. The van der Waals surface area contributed by atoms with E-state index in [4.69, 9.17) is 16.6 Å². The number of halogens is 1. The van der Waals surface area contributed by atoms with E-state index in [1.165, 1.54) is 11.3 Å². The molecule has 4 rings (SSSR count). The first-order valence-electron chi connectivity index (χ1n) is 7.68. The molecule has 6 heteroatoms. The van der Waals surface area contributed by atoms with Gasteiger partial charge >= 0.3 is 0 Å². The van der Waals surface area contributed by atoms with Crippen LogP contribution in [-0.2, 0) is 0 Å². The summed E-state index contributed by atoms with van der Waals surface area (Å²) in [5.74, 6) is 0. The summed E-state index contributed by atoms with van der Waals surface area (Å²) in [6.45, 7) is 6.02. The molecule has 4 nitrogen and oxygen atoms in total. The van der Waals surface area contributed by atoms with E-state index < -0.39 is 0 Å². The van der Waals surface area contributed by atoms with E-state index in [0.717, 1.165) is 46.7 Å². The maximum absolute atomic E-state index is 6.15. The van der Waals surface area contributed by atoms with Gasteiger partial charge in [0.2, 0.25) is 0 Å². The lowest BCUT2D eigenvalue weighted by Gasteiger charge is -2.36. The third-order valence-corrected chi connectivity index (χ3v) is 5.49. The van der Waals surface area contributed by atoms with Gasteiger partial charge in [0.1, 0.15) is 10.3 Å². The highest BCUT2D eigenvalue weighted by atomic mass is 35.5. The molecule has 3 aromatic rings. The number of nitrogens with zero attached hydrogens (tertiary/aromatic N) is 4. The second-order valence-electron chi connectivity index (χ2n) is 5.73. The standard InChI is InChI=1S/C17H17ClN4S/c1-12-4-5-13(18)11-15(12)21-7-9-22(10-8-21)17-20-14-3-2-6-19-16(14)23-17/h2-6,11H,7-10H2,1H3. The first kappa shape index (κ1) is 14.7. The molecule has 23 heavy (non-hydrogen) atoms. The fourth-order valence-corrected chi connectivity index (χ4v) is 4.08. The monoisotopic (exact) mass is 344 g/mol. The molecule has 1 aromatic carbocycles. The Hall–Kier alpha value is -1.85. The molecule has 0 atom stereocenters. The smallest absolute Gasteiger partial charge is 0.188 e. The van der Waals surface area contributed by atoms with Gasteiger partial charge < -0.3 is 9.80 Å². The van der Waals surface area contributed by atoms with E-state index in [1.54, 1.807) is 11.3 Å². The number of pyridine rings is 1. The van der Waals surface area contributed by atoms with Crippen molar-refractivity contribution in [3.05, 3.63) is 47.1 Å². The van der Waals surface area contributed by atoms with Crippen LogP contribution < -0.4 is 9.80 Å². The summed E-state index contributed by atoms with van der Waals surface area (Å²) in [6, 6.07) is 10.1. The lowest BCUT2D eigenvalue weighted by atomic mass is 10.1. The Morgan fingerprint density at radius 1 is 1.09 bits per heavy atom. The average Bonchev–Trinajstić information content (AvgIpc) is 3.01. The minimum atomic E-state index is 0.797. The summed E-state index contributed by atoms with van der Waals surface area (Å²) in [4.78, 5) is 14.9. The van der Waals surface area contributed by atoms with Crippen LogP contribution in [0, 0.1) is 6.92 Å². The topological polar surface area (TPSA) is 32.3 Å². The molecule has 1 aliphatic rings. The summed E-state index contributed by atoms with van der Waals surface area (Å²) in [6.07, 6.45) is 1.82. The number of fused-ring (bicyclic) bond motifs is 1. The van der Waals surface area contributed by atoms with Crippen molar-refractivity contribution in [1.29, 1.82) is 0 Å². The van der Waals surface area contributed by atoms with Gasteiger partial charge in [0, 0.05) is 43.1 Å². The number of anilines is 2. The largest absolute Gasteiger partial charge is 0.368 e. The number of aryl methyl sites for hydroxylation is 1. The number of thiazole rings is 1. The fourth-order valence-electron chi connectivity index (χ4n) is 2.96. The van der Waals surface area contributed by atoms with Gasteiger partial charge in [-0.25, -0.2) is 9.97 Å². The molecule has 2 aromatic heterocycles. The van der Waals surface area contributed by atoms with Crippen molar-refractivity contribution in [1.82, 2.24) is 9.97 Å². The van der Waals surface area contributed by atoms with Crippen LogP contribution in [0.1, 0.15) is 5.56 Å². The molecule has 0 spiro atoms. The zero-order valence-corrected chi connectivity index (χ0v) is 14.4. The molecule has 0 unspecified atom stereocenters. The minimum absolute atomic E-state index is 0.797. The van der Waals surface area contributed by atoms with Crippen molar-refractivity contribution in [2.75, 3.05) is 36.0 Å². The van der Waals surface area contributed by atoms with Crippen LogP contribution >= 0.6 is 22.9 Å². The average molecular weight is 345 g/mol. The summed E-state index contributed by atoms with van der Waals surface area (Å²) >= 11 is 7.82. The summed E-state index contributed by atoms with van der Waals surface area (Å²) < 4.78 is 0. The molecule has 1 saturated heterocycles. The van der Waals surface area contributed by atoms with Crippen LogP contribution in [0.3, 0.4) is 0 Å². The molecule has 0 aliphatic carbocycles. The number of hydrogen-bond acceptors (Lipinski definition) is 5. The zero-order valence-electron chi connectivity index (χ0n) is 12.9. The molecule has 0 N–H and O–H groups in total. The SMILES string of the molecule is Cc1ccc(Cl)cc1N1CCN(c2nc3cccnc3s2)CC1. The fraction of sp³-hybridized carbons (Fsp3) is 0.294. The molecule has 3 heterocycles. The van der Waals surface area contributed by atoms with Gasteiger partial charge in [-0.2, -0.15) is 0 Å². The van der Waals surface area contributed by atoms with Crippen LogP contribution in [0.4, 0.5) is 10.8 Å². The Bertz CT molecular complexity index is 806. The molecule has 0 radical (unpaired) electrons. The highest BCUT2D eigenvalue weighted by molar-refractivity contribution is 7.21. The second-order valence-corrected chi connectivity index (χ2v) is 7.12. The van der Waals surface area contributed by atoms with Crippen molar-refractivity contribution in [2.45, 2.75) is 6.92 Å². The van der Waals surface area contributed by atoms with Gasteiger partial charge in [-0.3, -0.25) is 0 Å². The lowest BCUT2D eigenvalue weighted by Crippen LogP contribution is -2.46. The quantitative estimate of drug-likeness (QED) is 0.704. The van der Waals surface area contributed by atoms with Gasteiger partial charge in [0.15, 0.2) is 5.13 Å². The van der Waals surface area contributed by atoms with E-state index in [-0.39, 0.29) is 0 Å². The van der Waals surface area contributed by atoms with Crippen molar-refractivity contribution in [3.63, 3.8) is 0 Å². The van der Waals surface area contributed by atoms with Gasteiger partial charge in [0.05, 0.1) is 0 Å². The van der Waals surface area contributed by atoms with Crippen LogP contribution in [0.5, 0.6) is 0 Å². The number of rotatable bonds is 2. The summed E-state index contributed by atoms with van der Waals surface area (Å²) in [5.41, 5.74) is 3.50. The Morgan fingerprint density at radius 2 is 1.87 bits per heavy atom. The normalized spacial score (nSPS) is 15.4. The van der Waals surface area contributed by atoms with E-state index >= 15 is 0 Å². The minimum Gasteiger partial charge on any atom is -0.368 e. The highest BCUT2D eigenvalue weighted by Gasteiger charge is 2.21. The van der Waals surface area contributed by atoms with Crippen molar-refractivity contribution >= 4 is 44.1 Å². The van der Waals surface area contributed by atoms with E-state index in [9.17, 15) is 0 Å². The molecule has 1 fully saturated rings. The highest BCUT2D eigenvalue weighted by Crippen LogP contribution is 2.30. The maximum Gasteiger partial charge on any atom is 0.188 e. The molecule has 0 amide bonds. The molecular formula is C17H17ClN4S. The third-order valence-electron chi connectivity index (χ3n) is 4.22. The first-order valence-corrected chi connectivity index (χ1v) is 8.88. The second kappa shape index (κ2) is 5.98. The van der Waals surface area contributed by atoms with E-state index in [0.29, 0.717) is 0 Å². The predicted octanol–water partition coefficient (Wildman–Crippen LogP) is 3.98. The van der Waals surface area contributed by atoms with Crippen molar-refractivity contribution in [3.8, 4) is 0 Å². The summed E-state index contributed by atoms with van der Waals surface area (Å²) in [5, 5.41) is 1.87. The van der Waals surface area contributed by atoms with Crippen LogP contribution in [0.25, 0.3) is 10.3 Å². The molecule has 1 aliphatic heterocycles. The predicted molar refractivity (Wildman–Crippen MR) is 98.0 cm³/mol. The van der Waals surface area contributed by atoms with Gasteiger partial charge in [-0.15, -0.1) is 0 Å². The Labute approximate surface area is 144 Å². The van der Waals surface area contributed by atoms with E-state index in [2.05, 4.69) is 33.8 Å². The van der Waals surface area contributed by atoms with Crippen LogP contribution in [0.2, 0.25) is 5.02 Å².